The quantitative estimate of drug-likeness (QED) is 0.527. The van der Waals surface area contributed by atoms with E-state index in [0.717, 1.165) is 12.8 Å². The maximum Gasteiger partial charge on any atom is 0.0192 e. The van der Waals surface area contributed by atoms with E-state index in [2.05, 4.69) is 0 Å². The summed E-state index contributed by atoms with van der Waals surface area (Å²) in [7, 11) is 0. The third kappa shape index (κ3) is 6.77. The molecule has 0 heterocycles. The summed E-state index contributed by atoms with van der Waals surface area (Å²) in [5.41, 5.74) is 11.3. The van der Waals surface area contributed by atoms with E-state index in [9.17, 15) is 0 Å². The molecule has 76 valence electrons. The van der Waals surface area contributed by atoms with Gasteiger partial charge in [0.1, 0.15) is 0 Å². The van der Waals surface area contributed by atoms with E-state index in [4.69, 9.17) is 21.4 Å². The minimum absolute atomic E-state index is 0. The average molecular weight is 354 g/mol. The van der Waals surface area contributed by atoms with Crippen LogP contribution < -0.4 is 11.5 Å². The zero-order valence-electron chi connectivity index (χ0n) is 6.81. The molecule has 0 aromatic carbocycles. The van der Waals surface area contributed by atoms with Gasteiger partial charge in [0.05, 0.1) is 0 Å². The Morgan fingerprint density at radius 1 is 1.17 bits per heavy atom. The maximum absolute atomic E-state index is 8.24. The molecule has 4 nitrogen and oxygen atoms in total. The van der Waals surface area contributed by atoms with Crippen molar-refractivity contribution in [1.82, 2.24) is 0 Å². The Hall–Kier alpha value is 0.0783. The standard InChI is InChI=1S/C6H14N2.CHO2.Pt/c7-5-3-1-2-4-6(5)8;2-1-3;/h5-6H,1-4,7-8H2;(H,2,3);/q;-1;. The van der Waals surface area contributed by atoms with Gasteiger partial charge in [-0.3, -0.25) is 0 Å². The van der Waals surface area contributed by atoms with Crippen LogP contribution in [0.15, 0.2) is 0 Å². The fourth-order valence-corrected chi connectivity index (χ4v) is 1.19. The summed E-state index contributed by atoms with van der Waals surface area (Å²) in [5, 5.41) is 6.76. The third-order valence-corrected chi connectivity index (χ3v) is 1.87. The van der Waals surface area contributed by atoms with Gasteiger partial charge in [-0.2, -0.15) is 0 Å². The molecule has 1 fully saturated rings. The van der Waals surface area contributed by atoms with Crippen molar-refractivity contribution >= 4 is 6.47 Å². The van der Waals surface area contributed by atoms with Crippen molar-refractivity contribution in [1.29, 1.82) is 0 Å². The van der Waals surface area contributed by atoms with E-state index in [1.165, 1.54) is 12.8 Å². The van der Waals surface area contributed by atoms with Gasteiger partial charge in [-0.25, -0.2) is 0 Å². The van der Waals surface area contributed by atoms with Crippen molar-refractivity contribution in [3.05, 3.63) is 0 Å². The Bertz CT molecular complexity index is 104. The molecule has 2 unspecified atom stereocenters. The van der Waals surface area contributed by atoms with Crippen LogP contribution in [0.4, 0.5) is 0 Å². The number of hydrogen-bond acceptors (Lipinski definition) is 3. The van der Waals surface area contributed by atoms with Crippen LogP contribution in [-0.4, -0.2) is 23.7 Å². The van der Waals surface area contributed by atoms with Crippen molar-refractivity contribution in [2.75, 3.05) is 0 Å². The van der Waals surface area contributed by atoms with Crippen LogP contribution in [0.2, 0.25) is 0 Å². The fraction of sp³-hybridized carbons (Fsp3) is 0.857. The summed E-state index contributed by atoms with van der Waals surface area (Å²) in [6.07, 6.45) is 4.80. The van der Waals surface area contributed by atoms with Crippen molar-refractivity contribution in [2.45, 2.75) is 37.8 Å². The number of rotatable bonds is 0. The SMILES string of the molecule is NC1CCCCC1N.O=[C-]O.[Pt]. The second-order valence-corrected chi connectivity index (χ2v) is 2.70. The summed E-state index contributed by atoms with van der Waals surface area (Å²) in [6, 6.07) is 0.562. The molecule has 2 atom stereocenters. The number of aliphatic hydroxyl groups excluding tert-OH is 1. The van der Waals surface area contributed by atoms with E-state index < -0.39 is 0 Å². The molecule has 1 rings (SSSR count). The van der Waals surface area contributed by atoms with Gasteiger partial charge in [-0.05, 0) is 12.8 Å². The normalized spacial score (nSPS) is 27.5. The smallest absolute Gasteiger partial charge is 0.0192 e. The molecule has 0 aromatic rings. The Morgan fingerprint density at radius 2 is 1.42 bits per heavy atom. The van der Waals surface area contributed by atoms with E-state index >= 15 is 0 Å². The molecule has 0 spiro atoms. The molecule has 1 aliphatic carbocycles. The first-order chi connectivity index (χ1) is 5.22. The fourth-order valence-electron chi connectivity index (χ4n) is 1.19. The van der Waals surface area contributed by atoms with Crippen molar-refractivity contribution < 1.29 is 31.0 Å². The van der Waals surface area contributed by atoms with Crippen LogP contribution in [0.1, 0.15) is 25.7 Å². The van der Waals surface area contributed by atoms with Crippen molar-refractivity contribution in [3.63, 3.8) is 0 Å². The van der Waals surface area contributed by atoms with Gasteiger partial charge in [-0.15, -0.1) is 0 Å². The van der Waals surface area contributed by atoms with Crippen molar-refractivity contribution in [2.24, 2.45) is 11.5 Å². The molecule has 0 amide bonds. The van der Waals surface area contributed by atoms with Crippen LogP contribution in [0, 0.1) is 0 Å². The summed E-state index contributed by atoms with van der Waals surface area (Å²) >= 11 is 0. The molecular formula is C7H15N2O2Pt-. The average Bonchev–Trinajstić information content (AvgIpc) is 1.97. The molecule has 0 aliphatic heterocycles. The van der Waals surface area contributed by atoms with Gasteiger partial charge in [0.25, 0.3) is 0 Å². The largest absolute Gasteiger partial charge is 0.665 e. The Balaban J connectivity index is 0. The monoisotopic (exact) mass is 354 g/mol. The van der Waals surface area contributed by atoms with Crippen LogP contribution in [0.25, 0.3) is 0 Å². The molecule has 12 heavy (non-hydrogen) atoms. The third-order valence-electron chi connectivity index (χ3n) is 1.87. The molecule has 0 bridgehead atoms. The molecule has 1 aliphatic rings. The summed E-state index contributed by atoms with van der Waals surface area (Å²) < 4.78 is 0. The molecule has 5 heteroatoms. The molecule has 1 saturated carbocycles. The van der Waals surface area contributed by atoms with Crippen LogP contribution in [0.5, 0.6) is 0 Å². The first-order valence-corrected chi connectivity index (χ1v) is 3.74. The minimum Gasteiger partial charge on any atom is -0.665 e. The predicted molar refractivity (Wildman–Crippen MR) is 42.7 cm³/mol. The molecular weight excluding hydrogens is 339 g/mol. The molecule has 0 saturated heterocycles. The van der Waals surface area contributed by atoms with Crippen LogP contribution in [0.3, 0.4) is 0 Å². The van der Waals surface area contributed by atoms with Gasteiger partial charge in [0.15, 0.2) is 0 Å². The van der Waals surface area contributed by atoms with E-state index in [-0.39, 0.29) is 33.1 Å². The van der Waals surface area contributed by atoms with E-state index in [0.29, 0.717) is 6.47 Å². The van der Waals surface area contributed by atoms with Gasteiger partial charge >= 0.3 is 0 Å². The summed E-state index contributed by atoms with van der Waals surface area (Å²) in [5.74, 6) is 0. The zero-order valence-corrected chi connectivity index (χ0v) is 9.08. The Morgan fingerprint density at radius 3 is 1.58 bits per heavy atom. The van der Waals surface area contributed by atoms with Crippen LogP contribution in [-0.2, 0) is 25.9 Å². The number of nitrogens with two attached hydrogens (primary N) is 2. The molecule has 0 radical (unpaired) electrons. The first kappa shape index (κ1) is 14.6. The Kier molecular flexibility index (Phi) is 11.2. The van der Waals surface area contributed by atoms with E-state index in [1.54, 1.807) is 0 Å². The zero-order chi connectivity index (χ0) is 8.69. The predicted octanol–water partition coefficient (Wildman–Crippen LogP) is -0.176. The first-order valence-electron chi connectivity index (χ1n) is 3.74. The van der Waals surface area contributed by atoms with Gasteiger partial charge < -0.3 is 21.4 Å². The summed E-state index contributed by atoms with van der Waals surface area (Å²) in [6.45, 7) is 0.500. The maximum atomic E-state index is 8.24. The molecule has 5 N–H and O–H groups in total. The van der Waals surface area contributed by atoms with Gasteiger partial charge in [0, 0.05) is 33.1 Å². The topological polar surface area (TPSA) is 89.3 Å². The Labute approximate surface area is 87.0 Å². The van der Waals surface area contributed by atoms with Crippen LogP contribution >= 0.6 is 0 Å². The molecule has 0 aromatic heterocycles. The van der Waals surface area contributed by atoms with Crippen molar-refractivity contribution in [3.8, 4) is 0 Å². The van der Waals surface area contributed by atoms with Gasteiger partial charge in [0.2, 0.25) is 0 Å². The summed E-state index contributed by atoms with van der Waals surface area (Å²) in [4.78, 5) is 8.24. The second-order valence-electron chi connectivity index (χ2n) is 2.70. The van der Waals surface area contributed by atoms with E-state index in [1.807, 2.05) is 0 Å². The minimum atomic E-state index is 0. The number of hydrogen-bond donors (Lipinski definition) is 3. The second kappa shape index (κ2) is 9.17. The van der Waals surface area contributed by atoms with Gasteiger partial charge in [-0.1, -0.05) is 19.3 Å².